The molecule has 0 bridgehead atoms. The average Bonchev–Trinajstić information content (AvgIpc) is 3.03. The quantitative estimate of drug-likeness (QED) is 0.725. The van der Waals surface area contributed by atoms with Gasteiger partial charge < -0.3 is 9.73 Å². The zero-order valence-electron chi connectivity index (χ0n) is 14.1. The smallest absolute Gasteiger partial charge is 0.225 e. The number of Topliss-reactive ketones (excluding diaryl/α,β-unsaturated/α-hetero) is 1. The molecular weight excluding hydrogens is 344 g/mol. The van der Waals surface area contributed by atoms with E-state index in [1.54, 1.807) is 36.4 Å². The summed E-state index contributed by atoms with van der Waals surface area (Å²) in [5.41, 5.74) is 0.989. The molecule has 0 aliphatic rings. The summed E-state index contributed by atoms with van der Waals surface area (Å²) in [6, 6.07) is 9.92. The third-order valence-electron chi connectivity index (χ3n) is 3.52. The number of sulfonamides is 1. The van der Waals surface area contributed by atoms with Gasteiger partial charge >= 0.3 is 0 Å². The predicted octanol–water partition coefficient (Wildman–Crippen LogP) is 2.27. The third-order valence-corrected chi connectivity index (χ3v) is 4.77. The van der Waals surface area contributed by atoms with Gasteiger partial charge in [-0.2, -0.15) is 4.31 Å². The summed E-state index contributed by atoms with van der Waals surface area (Å²) in [6.07, 6.45) is 2.53. The van der Waals surface area contributed by atoms with Crippen molar-refractivity contribution in [2.75, 3.05) is 18.1 Å². The van der Waals surface area contributed by atoms with Crippen molar-refractivity contribution in [3.8, 4) is 0 Å². The molecule has 0 fully saturated rings. The zero-order valence-corrected chi connectivity index (χ0v) is 14.9. The van der Waals surface area contributed by atoms with Crippen LogP contribution in [-0.2, 0) is 21.4 Å². The molecule has 0 saturated carbocycles. The number of amides is 1. The fraction of sp³-hybridized carbons (Fsp3) is 0.294. The van der Waals surface area contributed by atoms with Gasteiger partial charge in [-0.15, -0.1) is 0 Å². The second-order valence-electron chi connectivity index (χ2n) is 5.61. The fourth-order valence-electron chi connectivity index (χ4n) is 2.20. The minimum atomic E-state index is -3.48. The molecule has 0 unspecified atom stereocenters. The molecule has 0 saturated heterocycles. The van der Waals surface area contributed by atoms with Crippen molar-refractivity contribution < 1.29 is 22.4 Å². The van der Waals surface area contributed by atoms with E-state index in [1.807, 2.05) is 0 Å². The molecule has 2 rings (SSSR count). The first-order chi connectivity index (χ1) is 11.8. The van der Waals surface area contributed by atoms with E-state index in [2.05, 4.69) is 5.32 Å². The van der Waals surface area contributed by atoms with Crippen LogP contribution in [0.25, 0.3) is 0 Å². The number of benzene rings is 1. The second kappa shape index (κ2) is 8.09. The topological polar surface area (TPSA) is 96.7 Å². The third kappa shape index (κ3) is 5.84. The molecule has 7 nitrogen and oxygen atoms in total. The molecule has 0 aliphatic heterocycles. The minimum absolute atomic E-state index is 0.0158. The monoisotopic (exact) mass is 364 g/mol. The number of nitrogens with zero attached hydrogens (tertiary/aromatic N) is 1. The lowest BCUT2D eigenvalue weighted by Crippen LogP contribution is -2.32. The van der Waals surface area contributed by atoms with Gasteiger partial charge in [0.15, 0.2) is 5.78 Å². The molecule has 1 aromatic carbocycles. The Bertz CT molecular complexity index is 844. The van der Waals surface area contributed by atoms with Crippen LogP contribution in [0.3, 0.4) is 0 Å². The molecule has 1 amide bonds. The highest BCUT2D eigenvalue weighted by molar-refractivity contribution is 7.88. The minimum Gasteiger partial charge on any atom is -0.468 e. The largest absolute Gasteiger partial charge is 0.468 e. The molecule has 0 aliphatic carbocycles. The lowest BCUT2D eigenvalue weighted by Gasteiger charge is -2.18. The first-order valence-corrected chi connectivity index (χ1v) is 9.49. The van der Waals surface area contributed by atoms with Gasteiger partial charge in [0.1, 0.15) is 5.76 Å². The second-order valence-corrected chi connectivity index (χ2v) is 7.59. The van der Waals surface area contributed by atoms with Crippen molar-refractivity contribution in [1.29, 1.82) is 0 Å². The maximum Gasteiger partial charge on any atom is 0.225 e. The van der Waals surface area contributed by atoms with Crippen LogP contribution >= 0.6 is 0 Å². The number of furan rings is 1. The standard InChI is InChI=1S/C17H20N2O5S/c1-13(20)14-5-3-6-15(11-14)18-17(21)8-9-19(25(2,22)23)12-16-7-4-10-24-16/h3-7,10-11H,8-9,12H2,1-2H3,(H,18,21). The van der Waals surface area contributed by atoms with Gasteiger partial charge in [0, 0.05) is 24.2 Å². The molecule has 1 N–H and O–H groups in total. The number of anilines is 1. The predicted molar refractivity (Wildman–Crippen MR) is 93.7 cm³/mol. The van der Waals surface area contributed by atoms with Crippen LogP contribution in [0.2, 0.25) is 0 Å². The van der Waals surface area contributed by atoms with Crippen molar-refractivity contribution in [2.45, 2.75) is 19.9 Å². The summed E-state index contributed by atoms with van der Waals surface area (Å²) in [6.45, 7) is 1.54. The highest BCUT2D eigenvalue weighted by Gasteiger charge is 2.19. The van der Waals surface area contributed by atoms with E-state index in [4.69, 9.17) is 4.42 Å². The van der Waals surface area contributed by atoms with Gasteiger partial charge in [0.2, 0.25) is 15.9 Å². The lowest BCUT2D eigenvalue weighted by atomic mass is 10.1. The summed E-state index contributed by atoms with van der Waals surface area (Å²) in [5, 5.41) is 2.67. The van der Waals surface area contributed by atoms with Gasteiger partial charge in [-0.1, -0.05) is 12.1 Å². The number of carbonyl (C=O) groups excluding carboxylic acids is 2. The Morgan fingerprint density at radius 1 is 1.20 bits per heavy atom. The van der Waals surface area contributed by atoms with Crippen LogP contribution in [-0.4, -0.2) is 37.2 Å². The zero-order chi connectivity index (χ0) is 18.4. The highest BCUT2D eigenvalue weighted by atomic mass is 32.2. The SMILES string of the molecule is CC(=O)c1cccc(NC(=O)CCN(Cc2ccco2)S(C)(=O)=O)c1. The average molecular weight is 364 g/mol. The summed E-state index contributed by atoms with van der Waals surface area (Å²) in [7, 11) is -3.48. The molecule has 1 heterocycles. The summed E-state index contributed by atoms with van der Waals surface area (Å²) >= 11 is 0. The number of rotatable bonds is 8. The summed E-state index contributed by atoms with van der Waals surface area (Å²) in [5.74, 6) is 0.0617. The van der Waals surface area contributed by atoms with E-state index >= 15 is 0 Å². The highest BCUT2D eigenvalue weighted by Crippen LogP contribution is 2.13. The summed E-state index contributed by atoms with van der Waals surface area (Å²) in [4.78, 5) is 23.5. The van der Waals surface area contributed by atoms with E-state index in [9.17, 15) is 18.0 Å². The molecule has 134 valence electrons. The maximum absolute atomic E-state index is 12.1. The normalized spacial score (nSPS) is 11.5. The molecule has 8 heteroatoms. The number of nitrogens with one attached hydrogen (secondary N) is 1. The van der Waals surface area contributed by atoms with Gasteiger partial charge in [0.05, 0.1) is 19.1 Å². The van der Waals surface area contributed by atoms with Crippen molar-refractivity contribution >= 4 is 27.4 Å². The molecule has 1 aromatic heterocycles. The number of hydrogen-bond donors (Lipinski definition) is 1. The molecule has 2 aromatic rings. The Balaban J connectivity index is 1.96. The first-order valence-electron chi connectivity index (χ1n) is 7.64. The Morgan fingerprint density at radius 2 is 1.96 bits per heavy atom. The van der Waals surface area contributed by atoms with E-state index in [-0.39, 0.29) is 31.2 Å². The molecular formula is C17H20N2O5S. The number of hydrogen-bond acceptors (Lipinski definition) is 5. The Hall–Kier alpha value is -2.45. The van der Waals surface area contributed by atoms with E-state index in [0.29, 0.717) is 17.0 Å². The van der Waals surface area contributed by atoms with E-state index < -0.39 is 10.0 Å². The first kappa shape index (κ1) is 18.9. The molecule has 0 radical (unpaired) electrons. The number of ketones is 1. The fourth-order valence-corrected chi connectivity index (χ4v) is 2.99. The van der Waals surface area contributed by atoms with Gasteiger partial charge in [-0.3, -0.25) is 9.59 Å². The van der Waals surface area contributed by atoms with Crippen LogP contribution in [0.15, 0.2) is 47.1 Å². The Labute approximate surface area is 146 Å². The van der Waals surface area contributed by atoms with Gasteiger partial charge in [-0.05, 0) is 31.2 Å². The van der Waals surface area contributed by atoms with Crippen LogP contribution in [0, 0.1) is 0 Å². The number of carbonyl (C=O) groups is 2. The maximum atomic E-state index is 12.1. The molecule has 0 atom stereocenters. The molecule has 0 spiro atoms. The van der Waals surface area contributed by atoms with E-state index in [1.165, 1.54) is 17.5 Å². The van der Waals surface area contributed by atoms with Crippen LogP contribution in [0.1, 0.15) is 29.5 Å². The molecule has 25 heavy (non-hydrogen) atoms. The van der Waals surface area contributed by atoms with Gasteiger partial charge in [-0.25, -0.2) is 8.42 Å². The van der Waals surface area contributed by atoms with Crippen molar-refractivity contribution in [3.05, 3.63) is 54.0 Å². The van der Waals surface area contributed by atoms with Crippen molar-refractivity contribution in [2.24, 2.45) is 0 Å². The Morgan fingerprint density at radius 3 is 2.56 bits per heavy atom. The van der Waals surface area contributed by atoms with E-state index in [0.717, 1.165) is 6.26 Å². The van der Waals surface area contributed by atoms with Crippen LogP contribution < -0.4 is 5.32 Å². The summed E-state index contributed by atoms with van der Waals surface area (Å²) < 4.78 is 30.1. The Kier molecular flexibility index (Phi) is 6.11. The van der Waals surface area contributed by atoms with Crippen molar-refractivity contribution in [3.63, 3.8) is 0 Å². The lowest BCUT2D eigenvalue weighted by molar-refractivity contribution is -0.116. The van der Waals surface area contributed by atoms with Crippen molar-refractivity contribution in [1.82, 2.24) is 4.31 Å². The van der Waals surface area contributed by atoms with Gasteiger partial charge in [0.25, 0.3) is 0 Å². The van der Waals surface area contributed by atoms with Crippen LogP contribution in [0.4, 0.5) is 5.69 Å². The van der Waals surface area contributed by atoms with Crippen LogP contribution in [0.5, 0.6) is 0 Å².